The van der Waals surface area contributed by atoms with Gasteiger partial charge in [0.25, 0.3) is 0 Å². The second-order valence-corrected chi connectivity index (χ2v) is 7.43. The van der Waals surface area contributed by atoms with Gasteiger partial charge in [-0.25, -0.2) is 9.78 Å². The lowest BCUT2D eigenvalue weighted by Gasteiger charge is -2.37. The molecule has 0 unspecified atom stereocenters. The normalized spacial score (nSPS) is 20.0. The molecule has 2 fully saturated rings. The minimum atomic E-state index is 0.0433. The van der Waals surface area contributed by atoms with Crippen molar-refractivity contribution in [1.82, 2.24) is 24.3 Å². The second-order valence-electron chi connectivity index (χ2n) is 7.43. The van der Waals surface area contributed by atoms with E-state index in [-0.39, 0.29) is 17.9 Å². The fraction of sp³-hybridized carbons (Fsp3) is 0.722. The molecule has 0 spiro atoms. The maximum absolute atomic E-state index is 12.8. The Balaban J connectivity index is 1.49. The van der Waals surface area contributed by atoms with E-state index in [4.69, 9.17) is 0 Å². The van der Waals surface area contributed by atoms with Crippen LogP contribution < -0.4 is 0 Å². The van der Waals surface area contributed by atoms with Crippen LogP contribution in [0.15, 0.2) is 12.4 Å². The van der Waals surface area contributed by atoms with Crippen molar-refractivity contribution in [2.24, 2.45) is 13.0 Å². The van der Waals surface area contributed by atoms with Crippen LogP contribution in [-0.2, 0) is 11.8 Å². The van der Waals surface area contributed by atoms with E-state index < -0.39 is 0 Å². The van der Waals surface area contributed by atoms with Crippen molar-refractivity contribution in [3.05, 3.63) is 18.2 Å². The summed E-state index contributed by atoms with van der Waals surface area (Å²) in [6, 6.07) is 0.0433. The van der Waals surface area contributed by atoms with E-state index in [0.717, 1.165) is 44.6 Å². The number of rotatable bonds is 2. The molecule has 0 aromatic carbocycles. The number of hydrogen-bond acceptors (Lipinski definition) is 3. The smallest absolute Gasteiger partial charge is 0.319 e. The molecular weight excluding hydrogens is 318 g/mol. The Labute approximate surface area is 149 Å². The van der Waals surface area contributed by atoms with Crippen molar-refractivity contribution in [1.29, 1.82) is 0 Å². The van der Waals surface area contributed by atoms with Crippen molar-refractivity contribution in [3.63, 3.8) is 0 Å². The molecule has 2 aliphatic heterocycles. The number of nitrogens with zero attached hydrogens (tertiary/aromatic N) is 5. The van der Waals surface area contributed by atoms with Gasteiger partial charge in [-0.2, -0.15) is 0 Å². The fourth-order valence-corrected chi connectivity index (χ4v) is 3.99. The largest absolute Gasteiger partial charge is 0.342 e. The molecule has 3 amide bonds. The first-order chi connectivity index (χ1) is 12.0. The van der Waals surface area contributed by atoms with E-state index in [0.29, 0.717) is 19.0 Å². The maximum Gasteiger partial charge on any atom is 0.319 e. The summed E-state index contributed by atoms with van der Waals surface area (Å²) in [6.07, 6.45) is 7.34. The average Bonchev–Trinajstić information content (AvgIpc) is 3.06. The molecule has 3 rings (SSSR count). The van der Waals surface area contributed by atoms with Gasteiger partial charge >= 0.3 is 6.03 Å². The van der Waals surface area contributed by atoms with Crippen molar-refractivity contribution >= 4 is 11.9 Å². The van der Waals surface area contributed by atoms with Gasteiger partial charge in [0.2, 0.25) is 5.91 Å². The molecule has 1 aromatic heterocycles. The van der Waals surface area contributed by atoms with Crippen LogP contribution in [0.2, 0.25) is 0 Å². The van der Waals surface area contributed by atoms with E-state index in [9.17, 15) is 9.59 Å². The lowest BCUT2D eigenvalue weighted by molar-refractivity contribution is -0.138. The number of imidazole rings is 1. The molecule has 0 radical (unpaired) electrons. The SMILES string of the molecule is CN(C)C(=O)N1CCC(C(=O)N2CCC(c3nccn3C)CC2)CC1. The van der Waals surface area contributed by atoms with Crippen LogP contribution in [-0.4, -0.2) is 76.5 Å². The molecule has 0 bridgehead atoms. The van der Waals surface area contributed by atoms with E-state index in [1.807, 2.05) is 29.2 Å². The summed E-state index contributed by atoms with van der Waals surface area (Å²) in [5.74, 6) is 1.91. The van der Waals surface area contributed by atoms with Gasteiger partial charge < -0.3 is 19.3 Å². The second kappa shape index (κ2) is 7.45. The van der Waals surface area contributed by atoms with Crippen LogP contribution in [0.1, 0.15) is 37.4 Å². The van der Waals surface area contributed by atoms with Crippen molar-refractivity contribution in [3.8, 4) is 0 Å². The number of likely N-dealkylation sites (tertiary alicyclic amines) is 2. The summed E-state index contributed by atoms with van der Waals surface area (Å²) >= 11 is 0. The highest BCUT2D eigenvalue weighted by Crippen LogP contribution is 2.29. The van der Waals surface area contributed by atoms with Gasteiger partial charge in [0, 0.05) is 71.6 Å². The van der Waals surface area contributed by atoms with Gasteiger partial charge in [0.05, 0.1) is 0 Å². The van der Waals surface area contributed by atoms with Crippen LogP contribution in [0.25, 0.3) is 0 Å². The average molecular weight is 347 g/mol. The fourth-order valence-electron chi connectivity index (χ4n) is 3.99. The van der Waals surface area contributed by atoms with Gasteiger partial charge in [-0.3, -0.25) is 4.79 Å². The Morgan fingerprint density at radius 3 is 2.16 bits per heavy atom. The summed E-state index contributed by atoms with van der Waals surface area (Å²) in [4.78, 5) is 34.7. The summed E-state index contributed by atoms with van der Waals surface area (Å²) in [6.45, 7) is 2.98. The monoisotopic (exact) mass is 347 g/mol. The molecule has 138 valence electrons. The molecular formula is C18H29N5O2. The molecule has 0 saturated carbocycles. The highest BCUT2D eigenvalue weighted by Gasteiger charge is 2.33. The predicted octanol–water partition coefficient (Wildman–Crippen LogP) is 1.52. The van der Waals surface area contributed by atoms with Crippen LogP contribution in [0.4, 0.5) is 4.79 Å². The minimum absolute atomic E-state index is 0.0433. The van der Waals surface area contributed by atoms with Crippen molar-refractivity contribution in [2.45, 2.75) is 31.6 Å². The third-order valence-corrected chi connectivity index (χ3v) is 5.53. The highest BCUT2D eigenvalue weighted by atomic mass is 16.2. The third kappa shape index (κ3) is 3.80. The van der Waals surface area contributed by atoms with Gasteiger partial charge in [-0.05, 0) is 25.7 Å². The number of carbonyl (C=O) groups excluding carboxylic acids is 2. The number of aryl methyl sites for hydroxylation is 1. The Hall–Kier alpha value is -2.05. The van der Waals surface area contributed by atoms with E-state index in [1.165, 1.54) is 0 Å². The first kappa shape index (κ1) is 17.8. The molecule has 3 heterocycles. The van der Waals surface area contributed by atoms with E-state index >= 15 is 0 Å². The first-order valence-electron chi connectivity index (χ1n) is 9.19. The van der Waals surface area contributed by atoms with E-state index in [1.54, 1.807) is 19.0 Å². The van der Waals surface area contributed by atoms with Gasteiger partial charge in [0.15, 0.2) is 0 Å². The highest BCUT2D eigenvalue weighted by molar-refractivity contribution is 5.80. The van der Waals surface area contributed by atoms with Gasteiger partial charge in [-0.1, -0.05) is 0 Å². The zero-order valence-corrected chi connectivity index (χ0v) is 15.5. The number of piperidine rings is 2. The number of hydrogen-bond donors (Lipinski definition) is 0. The molecule has 7 heteroatoms. The first-order valence-corrected chi connectivity index (χ1v) is 9.19. The number of urea groups is 1. The maximum atomic E-state index is 12.8. The molecule has 25 heavy (non-hydrogen) atoms. The van der Waals surface area contributed by atoms with E-state index in [2.05, 4.69) is 9.55 Å². The minimum Gasteiger partial charge on any atom is -0.342 e. The number of aromatic nitrogens is 2. The molecule has 1 aromatic rings. The predicted molar refractivity (Wildman–Crippen MR) is 95.1 cm³/mol. The summed E-state index contributed by atoms with van der Waals surface area (Å²) in [5, 5.41) is 0. The van der Waals surface area contributed by atoms with Gasteiger partial charge in [-0.15, -0.1) is 0 Å². The molecule has 2 aliphatic rings. The van der Waals surface area contributed by atoms with Crippen LogP contribution in [0.3, 0.4) is 0 Å². The summed E-state index contributed by atoms with van der Waals surface area (Å²) in [5.41, 5.74) is 0. The van der Waals surface area contributed by atoms with Gasteiger partial charge in [0.1, 0.15) is 5.82 Å². The Morgan fingerprint density at radius 1 is 1.04 bits per heavy atom. The lowest BCUT2D eigenvalue weighted by Crippen LogP contribution is -2.48. The number of carbonyl (C=O) groups is 2. The standard InChI is InChI=1S/C18H29N5O2/c1-20(2)18(25)23-11-6-15(7-12-23)17(24)22-9-4-14(5-10-22)16-19-8-13-21(16)3/h8,13-15H,4-7,9-12H2,1-3H3. The third-order valence-electron chi connectivity index (χ3n) is 5.53. The quantitative estimate of drug-likeness (QED) is 0.815. The molecule has 7 nitrogen and oxygen atoms in total. The molecule has 0 N–H and O–H groups in total. The number of amides is 3. The van der Waals surface area contributed by atoms with Crippen LogP contribution in [0.5, 0.6) is 0 Å². The molecule has 0 aliphatic carbocycles. The molecule has 0 atom stereocenters. The lowest BCUT2D eigenvalue weighted by atomic mass is 9.91. The Morgan fingerprint density at radius 2 is 1.64 bits per heavy atom. The zero-order valence-electron chi connectivity index (χ0n) is 15.5. The Kier molecular flexibility index (Phi) is 5.30. The summed E-state index contributed by atoms with van der Waals surface area (Å²) in [7, 11) is 5.57. The summed E-state index contributed by atoms with van der Waals surface area (Å²) < 4.78 is 2.08. The molecule has 2 saturated heterocycles. The van der Waals surface area contributed by atoms with Crippen LogP contribution >= 0.6 is 0 Å². The topological polar surface area (TPSA) is 61.7 Å². The van der Waals surface area contributed by atoms with Crippen molar-refractivity contribution in [2.75, 3.05) is 40.3 Å². The zero-order chi connectivity index (χ0) is 18.0. The van der Waals surface area contributed by atoms with Crippen molar-refractivity contribution < 1.29 is 9.59 Å². The Bertz CT molecular complexity index is 611. The van der Waals surface area contributed by atoms with Crippen LogP contribution in [0, 0.1) is 5.92 Å².